The number of carboxylic acids is 1. The Bertz CT molecular complexity index is 3040. The molecule has 566 valence electrons. The third kappa shape index (κ3) is 40.4. The number of nitrogens with zero attached hydrogens (tertiary/aromatic N) is 1. The summed E-state index contributed by atoms with van der Waals surface area (Å²) < 4.78 is 9.96. The fourth-order valence-corrected chi connectivity index (χ4v) is 13.5. The zero-order valence-electron chi connectivity index (χ0n) is 65.6. The summed E-state index contributed by atoms with van der Waals surface area (Å²) >= 11 is 3.63. The fraction of sp³-hybridized carbons (Fsp3) is 0.545. The van der Waals surface area contributed by atoms with Crippen LogP contribution in [0.1, 0.15) is 163 Å². The van der Waals surface area contributed by atoms with Crippen LogP contribution >= 0.6 is 15.9 Å². The third-order valence-corrected chi connectivity index (χ3v) is 20.8. The molecule has 0 saturated carbocycles. The number of carbonyl (C=O) groups is 4. The van der Waals surface area contributed by atoms with Crippen molar-refractivity contribution in [2.75, 3.05) is 45.4 Å². The third-order valence-electron chi connectivity index (χ3n) is 20.0. The van der Waals surface area contributed by atoms with E-state index in [0.29, 0.717) is 67.0 Å². The van der Waals surface area contributed by atoms with Crippen LogP contribution in [0.3, 0.4) is 0 Å². The summed E-state index contributed by atoms with van der Waals surface area (Å²) in [7, 11) is 1.79. The van der Waals surface area contributed by atoms with Gasteiger partial charge in [0.2, 0.25) is 5.91 Å². The van der Waals surface area contributed by atoms with E-state index >= 15 is 0 Å². The average Bonchev–Trinajstić information content (AvgIpc) is 1.82. The molecule has 2 aliphatic rings. The number of hydrogen-bond acceptors (Lipinski definition) is 10. The van der Waals surface area contributed by atoms with Crippen molar-refractivity contribution in [2.45, 2.75) is 168 Å². The number of aliphatic hydroxyl groups is 4. The van der Waals surface area contributed by atoms with Crippen LogP contribution in [0, 0.1) is 183 Å². The minimum Gasteiger partial charge on any atom is -0.481 e. The molecule has 6 aromatic rings. The number of aliphatic hydroxyl groups excluding tert-OH is 4. The molecule has 103 heavy (non-hydrogen) atoms. The van der Waals surface area contributed by atoms with Gasteiger partial charge in [0.05, 0.1) is 44.1 Å². The summed E-state index contributed by atoms with van der Waals surface area (Å²) in [5.41, 5.74) is 7.30. The molecule has 12 nitrogen and oxygen atoms in total. The van der Waals surface area contributed by atoms with Gasteiger partial charge in [-0.1, -0.05) is 302 Å². The van der Waals surface area contributed by atoms with Gasteiger partial charge in [0.25, 0.3) is 0 Å². The van der Waals surface area contributed by atoms with Crippen LogP contribution in [0.5, 0.6) is 0 Å². The zero-order valence-corrected chi connectivity index (χ0v) is 76.6. The molecule has 2 heterocycles. The first-order valence-electron chi connectivity index (χ1n) is 37.1. The first kappa shape index (κ1) is 99.4. The molecule has 8 rings (SSSR count). The number of alkyl halides is 1. The van der Waals surface area contributed by atoms with Crippen LogP contribution in [0.2, 0.25) is 0 Å². The van der Waals surface area contributed by atoms with E-state index in [-0.39, 0.29) is 168 Å². The van der Waals surface area contributed by atoms with Gasteiger partial charge >= 0.3 is 17.9 Å². The second-order valence-electron chi connectivity index (χ2n) is 30.1. The SMILES string of the molecule is CC(C)[C@@H](CBr)[C@H](C)Cc1ccccc1.CC(C)[C@@H](CO)CC(=O)O.CC(C)[C@@H](CO)Cc1ccccc1.CC(C)[C@@H](CO)Cc1ccccc1.CC(C)[C@@H]1COC(=O)[C@@H]1Cc1ccccc1.CC(C)[C@H](Cc1ccccc1)C(=O)N(C)[C@@H](C)[C@@H](O)c1ccccc1.CC(C)[C@H]1COC(=O)C1.[Ac].[Ac]. The second-order valence-corrected chi connectivity index (χ2v) is 30.7. The summed E-state index contributed by atoms with van der Waals surface area (Å²) in [6, 6.07) is 61.0. The van der Waals surface area contributed by atoms with E-state index in [9.17, 15) is 24.3 Å². The Morgan fingerprint density at radius 3 is 1.17 bits per heavy atom. The standard InChI is InChI=1S/C22H29NO2.C14H21Br.C14H18O2.2C12H18O.C7H14O3.C7H12O2.2Ac/c1-16(2)20(15-18-11-7-5-8-12-18)22(25)23(4)17(3)21(24)19-13-9-6-10-14-19;1-11(2)14(10-15)12(3)9-13-7-5-4-6-8-13;1-10(2)13-9-16-14(15)12(13)8-11-6-4-3-5-7-11;2*1-10(2)12(9-13)8-11-6-4-3-5-7-11;1-5(2)6(4-8)3-7(9)10;1-5(2)6-3-7(8)9-4-6;;/h5-14,16-17,20-21,24H,15H2,1-4H3;4-8,11-12,14H,9-10H2,1-3H3;3-7,10,12-13H,8-9H2,1-2H3;2*3-7,10,12-13H,8-9H2,1-2H3;5-6,8H,3-4H2,1-2H3,(H,9,10);5-6H,3-4H2,1-2H3;;/t17-,20-,21+;12-,14-;12-,13+;2*12-;2*6-;;/m0111111../s1. The second kappa shape index (κ2) is 56.6. The van der Waals surface area contributed by atoms with Gasteiger partial charge in [0.1, 0.15) is 0 Å². The zero-order chi connectivity index (χ0) is 75.6. The van der Waals surface area contributed by atoms with Crippen LogP contribution in [0.15, 0.2) is 182 Å². The normalized spacial score (nSPS) is 16.7. The first-order valence-corrected chi connectivity index (χ1v) is 38.2. The molecule has 1 amide bonds. The molecule has 0 bridgehead atoms. The molecule has 0 aromatic heterocycles. The Morgan fingerprint density at radius 2 is 0.864 bits per heavy atom. The molecule has 2 saturated heterocycles. The van der Waals surface area contributed by atoms with Gasteiger partial charge in [0.15, 0.2) is 0 Å². The number of benzene rings is 6. The molecule has 2 aliphatic heterocycles. The fourth-order valence-electron chi connectivity index (χ4n) is 12.1. The van der Waals surface area contributed by atoms with Gasteiger partial charge in [0, 0.05) is 138 Å². The number of halogens is 1. The molecule has 6 aromatic carbocycles. The van der Waals surface area contributed by atoms with Crippen LogP contribution < -0.4 is 0 Å². The van der Waals surface area contributed by atoms with Crippen LogP contribution in [0.25, 0.3) is 0 Å². The Labute approximate surface area is 702 Å². The van der Waals surface area contributed by atoms with Crippen LogP contribution in [-0.4, -0.2) is 106 Å². The van der Waals surface area contributed by atoms with Gasteiger partial charge in [-0.25, -0.2) is 0 Å². The maximum Gasteiger partial charge on any atom is 0.309 e. The Kier molecular flexibility index (Phi) is 54.6. The molecule has 2 fully saturated rings. The quantitative estimate of drug-likeness (QED) is 0.0232. The number of aliphatic carboxylic acids is 1. The number of carboxylic acid groups (broad SMARTS) is 1. The maximum absolute atomic E-state index is 13.1. The number of amides is 1. The van der Waals surface area contributed by atoms with E-state index in [0.717, 1.165) is 54.3 Å². The van der Waals surface area contributed by atoms with Crippen molar-refractivity contribution < 1.29 is 142 Å². The monoisotopic (exact) mass is 1910 g/mol. The Hall–Kier alpha value is -3.60. The molecular formula is C88H130Ac2BrNO11. The van der Waals surface area contributed by atoms with Crippen molar-refractivity contribution in [2.24, 2.45) is 94.7 Å². The van der Waals surface area contributed by atoms with E-state index in [1.165, 1.54) is 34.2 Å². The molecule has 0 unspecified atom stereocenters. The molecule has 0 aliphatic carbocycles. The van der Waals surface area contributed by atoms with Gasteiger partial charge in [-0.2, -0.15) is 0 Å². The van der Waals surface area contributed by atoms with E-state index in [1.54, 1.807) is 11.9 Å². The van der Waals surface area contributed by atoms with E-state index in [4.69, 9.17) is 29.9 Å². The van der Waals surface area contributed by atoms with Crippen LogP contribution in [-0.2, 0) is 60.8 Å². The molecule has 11 atom stereocenters. The summed E-state index contributed by atoms with van der Waals surface area (Å²) in [4.78, 5) is 47.1. The number of cyclic esters (lactones) is 2. The van der Waals surface area contributed by atoms with Crippen molar-refractivity contribution in [1.29, 1.82) is 0 Å². The average molecular weight is 1910 g/mol. The number of esters is 2. The van der Waals surface area contributed by atoms with E-state index in [1.807, 2.05) is 124 Å². The Balaban J connectivity index is 0.00000120. The summed E-state index contributed by atoms with van der Waals surface area (Å²) in [6.45, 7) is 35.8. The first-order chi connectivity index (χ1) is 48.0. The van der Waals surface area contributed by atoms with Crippen molar-refractivity contribution in [3.8, 4) is 0 Å². The number of likely N-dealkylation sites (N-methyl/N-ethyl adjacent to an activating group) is 1. The molecule has 15 heteroatoms. The maximum atomic E-state index is 13.1. The summed E-state index contributed by atoms with van der Waals surface area (Å²) in [5, 5.41) is 47.1. The number of rotatable bonds is 28. The minimum absolute atomic E-state index is 0. The predicted octanol–water partition coefficient (Wildman–Crippen LogP) is 18.2. The van der Waals surface area contributed by atoms with E-state index in [2.05, 4.69) is 185 Å². The summed E-state index contributed by atoms with van der Waals surface area (Å²) in [6.07, 6.45) is 4.67. The molecule has 5 N–H and O–H groups in total. The van der Waals surface area contributed by atoms with Gasteiger partial charge in [-0.05, 0) is 143 Å². The van der Waals surface area contributed by atoms with Gasteiger partial charge < -0.3 is 39.9 Å². The van der Waals surface area contributed by atoms with Crippen molar-refractivity contribution in [3.63, 3.8) is 0 Å². The smallest absolute Gasteiger partial charge is 0.309 e. The van der Waals surface area contributed by atoms with Gasteiger partial charge in [-0.15, -0.1) is 0 Å². The number of carbonyl (C=O) groups excluding carboxylic acids is 3. The minimum atomic E-state index is -0.840. The molecular weight excluding hydrogens is 1780 g/mol. The predicted molar refractivity (Wildman–Crippen MR) is 419 cm³/mol. The van der Waals surface area contributed by atoms with Crippen LogP contribution in [0.4, 0.5) is 0 Å². The van der Waals surface area contributed by atoms with Crippen molar-refractivity contribution >= 4 is 39.7 Å². The molecule has 2 radical (unpaired) electrons. The van der Waals surface area contributed by atoms with Gasteiger partial charge in [-0.3, -0.25) is 19.2 Å². The number of hydrogen-bond donors (Lipinski definition) is 5. The molecule has 0 spiro atoms. The topological polar surface area (TPSA) is 191 Å². The Morgan fingerprint density at radius 1 is 0.485 bits per heavy atom. The van der Waals surface area contributed by atoms with Crippen molar-refractivity contribution in [1.82, 2.24) is 4.90 Å². The van der Waals surface area contributed by atoms with E-state index < -0.39 is 12.1 Å². The number of ether oxygens (including phenoxy) is 2. The largest absolute Gasteiger partial charge is 0.481 e. The summed E-state index contributed by atoms with van der Waals surface area (Å²) in [5.74, 6) is 5.56. The van der Waals surface area contributed by atoms with Crippen molar-refractivity contribution in [3.05, 3.63) is 215 Å².